The second-order valence-electron chi connectivity index (χ2n) is 13.2. The molecule has 4 aliphatic rings. The lowest BCUT2D eigenvalue weighted by Crippen LogP contribution is -2.64. The lowest BCUT2D eigenvalue weighted by Gasteiger charge is -2.69. The molecule has 30 heavy (non-hydrogen) atoms. The number of fused-ring (bicyclic) bond motifs is 5. The highest BCUT2D eigenvalue weighted by Crippen LogP contribution is 2.73. The molecule has 0 aliphatic heterocycles. The van der Waals surface area contributed by atoms with Gasteiger partial charge in [0, 0.05) is 0 Å². The van der Waals surface area contributed by atoms with Gasteiger partial charge in [-0.25, -0.2) is 0 Å². The number of hydrogen-bond acceptors (Lipinski definition) is 2. The molecule has 4 saturated carbocycles. The third-order valence-corrected chi connectivity index (χ3v) is 12.4. The Balaban J connectivity index is 1.60. The molecule has 174 valence electrons. The van der Waals surface area contributed by atoms with Gasteiger partial charge in [-0.1, -0.05) is 41.5 Å². The second kappa shape index (κ2) is 7.75. The van der Waals surface area contributed by atoms with Gasteiger partial charge in [-0.15, -0.1) is 0 Å². The molecule has 0 aromatic rings. The average molecular weight is 419 g/mol. The lowest BCUT2D eigenvalue weighted by atomic mass is 9.36. The fourth-order valence-corrected chi connectivity index (χ4v) is 10.2. The van der Waals surface area contributed by atoms with E-state index in [1.165, 1.54) is 44.9 Å². The normalized spacial score (nSPS) is 55.3. The van der Waals surface area contributed by atoms with Crippen molar-refractivity contribution in [3.8, 4) is 0 Å². The molecule has 2 heteroatoms. The fourth-order valence-electron chi connectivity index (χ4n) is 10.2. The molecule has 4 rings (SSSR count). The Morgan fingerprint density at radius 2 is 1.60 bits per heavy atom. The minimum Gasteiger partial charge on any atom is -0.393 e. The summed E-state index contributed by atoms with van der Waals surface area (Å²) in [5.41, 5.74) is 1.15. The third-order valence-electron chi connectivity index (χ3n) is 12.4. The van der Waals surface area contributed by atoms with Gasteiger partial charge < -0.3 is 10.2 Å². The van der Waals surface area contributed by atoms with Crippen molar-refractivity contribution < 1.29 is 10.2 Å². The van der Waals surface area contributed by atoms with Gasteiger partial charge in [-0.2, -0.15) is 0 Å². The summed E-state index contributed by atoms with van der Waals surface area (Å²) in [4.78, 5) is 0. The fraction of sp³-hybridized carbons (Fsp3) is 1.00. The first kappa shape index (κ1) is 23.1. The molecule has 0 aromatic heterocycles. The first-order valence-electron chi connectivity index (χ1n) is 13.3. The SMILES string of the molecule is CC(O)CC[C@@H](C)C1CC[C@H]2[C@@H]3CC(C)C4(C)C(C)[C@@H](O)CC[C@]4(C)[C@H]3CC[C@]12C. The highest BCUT2D eigenvalue weighted by atomic mass is 16.3. The predicted octanol–water partition coefficient (Wildman–Crippen LogP) is 6.69. The van der Waals surface area contributed by atoms with Crippen molar-refractivity contribution >= 4 is 0 Å². The zero-order valence-electron chi connectivity index (χ0n) is 21.0. The highest BCUT2D eigenvalue weighted by Gasteiger charge is 2.67. The Kier molecular flexibility index (Phi) is 5.97. The van der Waals surface area contributed by atoms with Gasteiger partial charge in [0.1, 0.15) is 0 Å². The lowest BCUT2D eigenvalue weighted by molar-refractivity contribution is -0.221. The Bertz CT molecular complexity index is 630. The Morgan fingerprint density at radius 1 is 0.900 bits per heavy atom. The van der Waals surface area contributed by atoms with E-state index in [9.17, 15) is 10.2 Å². The molecular weight excluding hydrogens is 368 g/mol. The Labute approximate surface area is 186 Å². The Hall–Kier alpha value is -0.0800. The van der Waals surface area contributed by atoms with Crippen molar-refractivity contribution in [2.45, 2.75) is 118 Å². The van der Waals surface area contributed by atoms with Crippen molar-refractivity contribution in [1.29, 1.82) is 0 Å². The maximum atomic E-state index is 10.8. The third kappa shape index (κ3) is 3.09. The van der Waals surface area contributed by atoms with E-state index in [0.29, 0.717) is 22.7 Å². The molecule has 0 saturated heterocycles. The van der Waals surface area contributed by atoms with Crippen molar-refractivity contribution in [2.75, 3.05) is 0 Å². The van der Waals surface area contributed by atoms with Gasteiger partial charge >= 0.3 is 0 Å². The van der Waals surface area contributed by atoms with Gasteiger partial charge in [0.05, 0.1) is 12.2 Å². The summed E-state index contributed by atoms with van der Waals surface area (Å²) in [5.74, 6) is 5.30. The van der Waals surface area contributed by atoms with Crippen LogP contribution in [0.25, 0.3) is 0 Å². The molecule has 2 N–H and O–H groups in total. The maximum absolute atomic E-state index is 10.8. The van der Waals surface area contributed by atoms with Gasteiger partial charge in [-0.05, 0) is 122 Å². The van der Waals surface area contributed by atoms with Gasteiger partial charge in [0.15, 0.2) is 0 Å². The smallest absolute Gasteiger partial charge is 0.0571 e. The van der Waals surface area contributed by atoms with E-state index >= 15 is 0 Å². The monoisotopic (exact) mass is 418 g/mol. The summed E-state index contributed by atoms with van der Waals surface area (Å²) in [7, 11) is 0. The highest BCUT2D eigenvalue weighted by molar-refractivity contribution is 5.15. The van der Waals surface area contributed by atoms with Gasteiger partial charge in [0.2, 0.25) is 0 Å². The van der Waals surface area contributed by atoms with Gasteiger partial charge in [-0.3, -0.25) is 0 Å². The summed E-state index contributed by atoms with van der Waals surface area (Å²) >= 11 is 0. The van der Waals surface area contributed by atoms with Crippen LogP contribution < -0.4 is 0 Å². The van der Waals surface area contributed by atoms with Crippen LogP contribution in [0.15, 0.2) is 0 Å². The van der Waals surface area contributed by atoms with Crippen LogP contribution >= 0.6 is 0 Å². The number of rotatable bonds is 4. The van der Waals surface area contributed by atoms with Crippen LogP contribution in [0, 0.1) is 57.7 Å². The van der Waals surface area contributed by atoms with E-state index < -0.39 is 0 Å². The minimum absolute atomic E-state index is 0.110. The molecule has 0 aromatic carbocycles. The van der Waals surface area contributed by atoms with Crippen molar-refractivity contribution in [1.82, 2.24) is 0 Å². The molecular formula is C28H50O2. The topological polar surface area (TPSA) is 40.5 Å². The molecule has 4 fully saturated rings. The first-order chi connectivity index (χ1) is 14.0. The molecule has 2 nitrogen and oxygen atoms in total. The van der Waals surface area contributed by atoms with E-state index in [4.69, 9.17) is 0 Å². The zero-order chi connectivity index (χ0) is 22.1. The maximum Gasteiger partial charge on any atom is 0.0571 e. The number of aliphatic hydroxyl groups is 2. The van der Waals surface area contributed by atoms with Gasteiger partial charge in [0.25, 0.3) is 0 Å². The zero-order valence-corrected chi connectivity index (χ0v) is 21.0. The van der Waals surface area contributed by atoms with E-state index in [2.05, 4.69) is 41.5 Å². The molecule has 0 bridgehead atoms. The van der Waals surface area contributed by atoms with Crippen LogP contribution in [-0.2, 0) is 0 Å². The number of hydrogen-bond donors (Lipinski definition) is 2. The van der Waals surface area contributed by atoms with Crippen LogP contribution in [0.4, 0.5) is 0 Å². The first-order valence-corrected chi connectivity index (χ1v) is 13.3. The molecule has 12 atom stereocenters. The summed E-state index contributed by atoms with van der Waals surface area (Å²) in [6.45, 7) is 17.1. The van der Waals surface area contributed by atoms with E-state index in [1.807, 2.05) is 6.92 Å². The van der Waals surface area contributed by atoms with Crippen LogP contribution in [0.3, 0.4) is 0 Å². The molecule has 0 heterocycles. The summed E-state index contributed by atoms with van der Waals surface area (Å²) in [6, 6.07) is 0. The van der Waals surface area contributed by atoms with Crippen LogP contribution in [0.5, 0.6) is 0 Å². The molecule has 5 unspecified atom stereocenters. The second-order valence-corrected chi connectivity index (χ2v) is 13.2. The van der Waals surface area contributed by atoms with Crippen LogP contribution in [0.2, 0.25) is 0 Å². The molecule has 0 radical (unpaired) electrons. The van der Waals surface area contributed by atoms with Crippen molar-refractivity contribution in [3.63, 3.8) is 0 Å². The largest absolute Gasteiger partial charge is 0.393 e. The van der Waals surface area contributed by atoms with Crippen molar-refractivity contribution in [2.24, 2.45) is 57.7 Å². The number of aliphatic hydroxyl groups excluding tert-OH is 2. The summed E-state index contributed by atoms with van der Waals surface area (Å²) in [6.07, 6.45) is 11.1. The quantitative estimate of drug-likeness (QED) is 0.534. The Morgan fingerprint density at radius 3 is 2.27 bits per heavy atom. The molecule has 4 aliphatic carbocycles. The summed E-state index contributed by atoms with van der Waals surface area (Å²) in [5, 5.41) is 20.6. The van der Waals surface area contributed by atoms with E-state index in [0.717, 1.165) is 42.4 Å². The minimum atomic E-state index is -0.159. The average Bonchev–Trinajstić information content (AvgIpc) is 3.04. The standard InChI is InChI=1S/C28H50O2/c1-17(8-9-19(3)29)22-10-11-23-21-16-18(2)28(7)20(4)25(30)13-15-27(28,6)24(21)12-14-26(22,23)5/h17-25,29-30H,8-16H2,1-7H3/t17-,18?,19?,20?,21+,22?,23+,24+,25+,26-,27-,28?/m1/s1. The molecule has 0 spiro atoms. The summed E-state index contributed by atoms with van der Waals surface area (Å²) < 4.78 is 0. The van der Waals surface area contributed by atoms with Crippen LogP contribution in [-0.4, -0.2) is 22.4 Å². The molecule has 0 amide bonds. The van der Waals surface area contributed by atoms with E-state index in [1.54, 1.807) is 0 Å². The van der Waals surface area contributed by atoms with Crippen molar-refractivity contribution in [3.05, 3.63) is 0 Å². The van der Waals surface area contributed by atoms with Crippen LogP contribution in [0.1, 0.15) is 106 Å². The van der Waals surface area contributed by atoms with E-state index in [-0.39, 0.29) is 17.6 Å². The predicted molar refractivity (Wildman–Crippen MR) is 125 cm³/mol.